The third kappa shape index (κ3) is 2.93. The fourth-order valence-corrected chi connectivity index (χ4v) is 1.55. The molecule has 0 saturated carbocycles. The number of rotatable bonds is 2. The molecule has 2 rings (SSSR count). The van der Waals surface area contributed by atoms with Crippen LogP contribution in [0.1, 0.15) is 26.5 Å². The highest BCUT2D eigenvalue weighted by Gasteiger charge is 2.21. The normalized spacial score (nSPS) is 11.4. The van der Waals surface area contributed by atoms with Crippen LogP contribution in [0.5, 0.6) is 5.88 Å². The first-order valence-corrected chi connectivity index (χ1v) is 6.34. The number of aromatic hydroxyl groups is 1. The highest BCUT2D eigenvalue weighted by atomic mass is 16.3. The van der Waals surface area contributed by atoms with Crippen LogP contribution in [0.2, 0.25) is 0 Å². The molecule has 0 aliphatic rings. The van der Waals surface area contributed by atoms with Gasteiger partial charge in [0.15, 0.2) is 11.6 Å². The van der Waals surface area contributed by atoms with Crippen LogP contribution in [0.3, 0.4) is 0 Å². The van der Waals surface area contributed by atoms with Crippen molar-refractivity contribution in [2.24, 2.45) is 5.41 Å². The number of anilines is 1. The molecule has 2 aromatic heterocycles. The zero-order valence-electron chi connectivity index (χ0n) is 12.3. The van der Waals surface area contributed by atoms with Gasteiger partial charge in [-0.1, -0.05) is 20.8 Å². The van der Waals surface area contributed by atoms with Gasteiger partial charge < -0.3 is 15.4 Å². The number of nitrogens with zero attached hydrogens (tertiary/aromatic N) is 3. The van der Waals surface area contributed by atoms with E-state index in [0.29, 0.717) is 5.69 Å². The summed E-state index contributed by atoms with van der Waals surface area (Å²) < 4.78 is 0.998. The minimum absolute atomic E-state index is 0.163. The second kappa shape index (κ2) is 5.04. The van der Waals surface area contributed by atoms with Crippen LogP contribution in [0.15, 0.2) is 17.2 Å². The lowest BCUT2D eigenvalue weighted by atomic mass is 9.96. The molecule has 1 amide bonds. The van der Waals surface area contributed by atoms with Crippen molar-refractivity contribution < 1.29 is 9.90 Å². The molecule has 0 atom stereocenters. The molecule has 0 radical (unpaired) electrons. The molecular weight excluding hydrogens is 274 g/mol. The van der Waals surface area contributed by atoms with Crippen molar-refractivity contribution in [3.63, 3.8) is 0 Å². The summed E-state index contributed by atoms with van der Waals surface area (Å²) in [6, 6.07) is 0. The molecule has 3 N–H and O–H groups in total. The van der Waals surface area contributed by atoms with Crippen molar-refractivity contribution in [1.29, 1.82) is 0 Å². The topological polar surface area (TPSA) is 113 Å². The Hall–Kier alpha value is -2.64. The second-order valence-electron chi connectivity index (χ2n) is 5.68. The van der Waals surface area contributed by atoms with Gasteiger partial charge in [-0.2, -0.15) is 0 Å². The Morgan fingerprint density at radius 1 is 1.33 bits per heavy atom. The fourth-order valence-electron chi connectivity index (χ4n) is 1.55. The highest BCUT2D eigenvalue weighted by molar-refractivity contribution is 5.93. The van der Waals surface area contributed by atoms with Crippen molar-refractivity contribution in [1.82, 2.24) is 19.5 Å². The van der Waals surface area contributed by atoms with E-state index in [1.54, 1.807) is 27.7 Å². The number of carbonyl (C=O) groups excluding carboxylic acids is 1. The summed E-state index contributed by atoms with van der Waals surface area (Å²) in [4.78, 5) is 34.0. The smallest absolute Gasteiger partial charge is 0.334 e. The lowest BCUT2D eigenvalue weighted by molar-refractivity contribution is -0.123. The van der Waals surface area contributed by atoms with E-state index in [9.17, 15) is 14.7 Å². The van der Waals surface area contributed by atoms with E-state index in [4.69, 9.17) is 0 Å². The van der Waals surface area contributed by atoms with E-state index < -0.39 is 11.1 Å². The van der Waals surface area contributed by atoms with Gasteiger partial charge >= 0.3 is 5.69 Å². The summed E-state index contributed by atoms with van der Waals surface area (Å²) in [5.74, 6) is 0.0249. The Balaban J connectivity index is 2.28. The Kier molecular flexibility index (Phi) is 3.54. The first kappa shape index (κ1) is 14.8. The molecule has 0 aliphatic carbocycles. The minimum Gasteiger partial charge on any atom is -0.493 e. The second-order valence-corrected chi connectivity index (χ2v) is 5.68. The van der Waals surface area contributed by atoms with Crippen LogP contribution in [0.4, 0.5) is 5.82 Å². The average molecular weight is 291 g/mol. The summed E-state index contributed by atoms with van der Waals surface area (Å²) in [5.41, 5.74) is -0.717. The number of carbonyl (C=O) groups is 1. The van der Waals surface area contributed by atoms with E-state index in [1.165, 1.54) is 12.4 Å². The van der Waals surface area contributed by atoms with Gasteiger partial charge in [-0.25, -0.2) is 19.3 Å². The molecule has 0 bridgehead atoms. The molecule has 8 nitrogen and oxygen atoms in total. The van der Waals surface area contributed by atoms with E-state index in [2.05, 4.69) is 20.3 Å². The molecule has 0 unspecified atom stereocenters. The van der Waals surface area contributed by atoms with Crippen LogP contribution in [0.25, 0.3) is 5.82 Å². The minimum atomic E-state index is -0.548. The van der Waals surface area contributed by atoms with Crippen molar-refractivity contribution in [2.45, 2.75) is 27.7 Å². The Morgan fingerprint density at radius 3 is 2.43 bits per heavy atom. The molecule has 0 aliphatic heterocycles. The van der Waals surface area contributed by atoms with Crippen LogP contribution < -0.4 is 11.0 Å². The number of aromatic amines is 1. The lowest BCUT2D eigenvalue weighted by Crippen LogP contribution is -2.28. The van der Waals surface area contributed by atoms with Crippen LogP contribution in [0, 0.1) is 12.3 Å². The Bertz CT molecular complexity index is 722. The van der Waals surface area contributed by atoms with Gasteiger partial charge in [0.1, 0.15) is 0 Å². The Labute approximate surface area is 120 Å². The van der Waals surface area contributed by atoms with Gasteiger partial charge in [0, 0.05) is 5.41 Å². The van der Waals surface area contributed by atoms with Gasteiger partial charge in [0.2, 0.25) is 11.8 Å². The van der Waals surface area contributed by atoms with Gasteiger partial charge in [0.05, 0.1) is 18.1 Å². The predicted molar refractivity (Wildman–Crippen MR) is 76.5 cm³/mol. The summed E-state index contributed by atoms with van der Waals surface area (Å²) in [6.07, 6.45) is 2.62. The number of hydrogen-bond acceptors (Lipinski definition) is 5. The summed E-state index contributed by atoms with van der Waals surface area (Å²) >= 11 is 0. The Morgan fingerprint density at radius 2 is 2.00 bits per heavy atom. The molecule has 2 aromatic rings. The largest absolute Gasteiger partial charge is 0.493 e. The van der Waals surface area contributed by atoms with E-state index >= 15 is 0 Å². The maximum absolute atomic E-state index is 11.8. The van der Waals surface area contributed by atoms with E-state index in [1.807, 2.05) is 0 Å². The zero-order valence-corrected chi connectivity index (χ0v) is 12.3. The van der Waals surface area contributed by atoms with E-state index in [-0.39, 0.29) is 23.4 Å². The predicted octanol–water partition coefficient (Wildman–Crippen LogP) is 0.954. The maximum Gasteiger partial charge on any atom is 0.334 e. The SMILES string of the molecule is Cc1[nH]c(=O)n(-c2cnc(NC(=O)C(C)(C)C)cn2)c1O. The molecule has 112 valence electrons. The molecule has 0 spiro atoms. The number of hydrogen-bond donors (Lipinski definition) is 3. The first-order valence-electron chi connectivity index (χ1n) is 6.34. The van der Waals surface area contributed by atoms with Crippen LogP contribution in [-0.4, -0.2) is 30.5 Å². The third-order valence-corrected chi connectivity index (χ3v) is 2.83. The maximum atomic E-state index is 11.8. The zero-order chi connectivity index (χ0) is 15.8. The number of aryl methyl sites for hydroxylation is 1. The fraction of sp³-hybridized carbons (Fsp3) is 0.385. The molecule has 0 aromatic carbocycles. The quantitative estimate of drug-likeness (QED) is 0.762. The van der Waals surface area contributed by atoms with Gasteiger partial charge in [-0.05, 0) is 6.92 Å². The standard InChI is InChI=1S/C13H17N5O3/c1-7-10(19)18(12(21)16-7)9-6-14-8(5-15-9)17-11(20)13(2,3)4/h5-6,19H,1-4H3,(H,16,21)(H,14,17,20). The monoisotopic (exact) mass is 291 g/mol. The number of nitrogens with one attached hydrogen (secondary N) is 2. The number of imidazole rings is 1. The summed E-state index contributed by atoms with van der Waals surface area (Å²) in [6.45, 7) is 6.91. The van der Waals surface area contributed by atoms with Gasteiger partial charge in [-0.15, -0.1) is 0 Å². The highest BCUT2D eigenvalue weighted by Crippen LogP contribution is 2.17. The molecule has 0 fully saturated rings. The average Bonchev–Trinajstić information content (AvgIpc) is 2.63. The third-order valence-electron chi connectivity index (χ3n) is 2.83. The summed E-state index contributed by atoms with van der Waals surface area (Å²) in [7, 11) is 0. The number of amides is 1. The number of H-pyrrole nitrogens is 1. The molecule has 21 heavy (non-hydrogen) atoms. The molecule has 0 saturated heterocycles. The van der Waals surface area contributed by atoms with Gasteiger partial charge in [-0.3, -0.25) is 4.79 Å². The van der Waals surface area contributed by atoms with Crippen LogP contribution in [-0.2, 0) is 4.79 Å². The molecular formula is C13H17N5O3. The number of aromatic nitrogens is 4. The summed E-state index contributed by atoms with van der Waals surface area (Å²) in [5, 5.41) is 12.4. The van der Waals surface area contributed by atoms with E-state index in [0.717, 1.165) is 4.57 Å². The first-order chi connectivity index (χ1) is 9.70. The van der Waals surface area contributed by atoms with Crippen molar-refractivity contribution in [2.75, 3.05) is 5.32 Å². The van der Waals surface area contributed by atoms with Crippen LogP contribution >= 0.6 is 0 Å². The van der Waals surface area contributed by atoms with Gasteiger partial charge in [0.25, 0.3) is 0 Å². The van der Waals surface area contributed by atoms with Crippen molar-refractivity contribution in [3.05, 3.63) is 28.6 Å². The molecule has 2 heterocycles. The van der Waals surface area contributed by atoms with Crippen molar-refractivity contribution in [3.8, 4) is 11.7 Å². The molecule has 8 heteroatoms. The van der Waals surface area contributed by atoms with Crippen molar-refractivity contribution >= 4 is 11.7 Å². The lowest BCUT2D eigenvalue weighted by Gasteiger charge is -2.16.